The maximum absolute atomic E-state index is 12.2. The molecule has 13 heteroatoms. The van der Waals surface area contributed by atoms with E-state index in [1.807, 2.05) is 0 Å². The molecule has 29 heavy (non-hydrogen) atoms. The van der Waals surface area contributed by atoms with E-state index in [0.29, 0.717) is 15.6 Å². The zero-order valence-electron chi connectivity index (χ0n) is 14.5. The molecule has 0 unspecified atom stereocenters. The molecule has 2 heterocycles. The van der Waals surface area contributed by atoms with E-state index in [1.54, 1.807) is 24.4 Å². The molecule has 0 bridgehead atoms. The average Bonchev–Trinajstić information content (AvgIpc) is 3.19. The lowest BCUT2D eigenvalue weighted by molar-refractivity contribution is -0.390. The summed E-state index contributed by atoms with van der Waals surface area (Å²) in [6, 6.07) is 5.17. The smallest absolute Gasteiger partial charge is 0.358 e. The average molecular weight is 523 g/mol. The van der Waals surface area contributed by atoms with Gasteiger partial charge in [-0.3, -0.25) is 9.48 Å². The van der Waals surface area contributed by atoms with Crippen LogP contribution in [0.4, 0.5) is 11.6 Å². The number of hydrogen-bond donors (Lipinski definition) is 1. The predicted octanol–water partition coefficient (Wildman–Crippen LogP) is 4.79. The molecular weight excluding hydrogens is 510 g/mol. The Morgan fingerprint density at radius 3 is 2.45 bits per heavy atom. The van der Waals surface area contributed by atoms with Gasteiger partial charge in [0, 0.05) is 28.2 Å². The summed E-state index contributed by atoms with van der Waals surface area (Å²) in [6.45, 7) is 0.422. The summed E-state index contributed by atoms with van der Waals surface area (Å²) in [7, 11) is 0. The van der Waals surface area contributed by atoms with Crippen molar-refractivity contribution in [1.29, 1.82) is 0 Å². The van der Waals surface area contributed by atoms with Crippen molar-refractivity contribution in [3.63, 3.8) is 0 Å². The van der Waals surface area contributed by atoms with Crippen LogP contribution in [0.15, 0.2) is 35.1 Å². The lowest BCUT2D eigenvalue weighted by Crippen LogP contribution is -2.15. The third kappa shape index (κ3) is 5.27. The van der Waals surface area contributed by atoms with E-state index in [1.165, 1.54) is 15.6 Å². The van der Waals surface area contributed by atoms with Gasteiger partial charge in [-0.25, -0.2) is 0 Å². The van der Waals surface area contributed by atoms with Crippen LogP contribution in [0.1, 0.15) is 12.0 Å². The molecule has 0 spiro atoms. The summed E-state index contributed by atoms with van der Waals surface area (Å²) >= 11 is 21.5. The zero-order valence-corrected chi connectivity index (χ0v) is 18.3. The number of nitrogens with zero attached hydrogens (tertiary/aromatic N) is 5. The van der Waals surface area contributed by atoms with Crippen molar-refractivity contribution in [3.05, 3.63) is 65.8 Å². The number of benzene rings is 1. The minimum Gasteiger partial charge on any atom is -0.358 e. The van der Waals surface area contributed by atoms with E-state index in [0.717, 1.165) is 0 Å². The molecule has 0 atom stereocenters. The molecule has 2 aromatic heterocycles. The number of rotatable bonds is 7. The Hall–Kier alpha value is -2.14. The van der Waals surface area contributed by atoms with Crippen molar-refractivity contribution in [3.8, 4) is 0 Å². The molecule has 0 aliphatic carbocycles. The van der Waals surface area contributed by atoms with Crippen molar-refractivity contribution in [2.75, 3.05) is 5.32 Å². The Morgan fingerprint density at radius 1 is 1.14 bits per heavy atom. The van der Waals surface area contributed by atoms with Crippen LogP contribution in [0.3, 0.4) is 0 Å². The van der Waals surface area contributed by atoms with Crippen LogP contribution in [0.2, 0.25) is 15.1 Å². The van der Waals surface area contributed by atoms with Crippen LogP contribution in [-0.2, 0) is 17.9 Å². The molecule has 0 fully saturated rings. The zero-order chi connectivity index (χ0) is 21.1. The molecular formula is C16H12BrCl3N6O3. The Kier molecular flexibility index (Phi) is 6.78. The quantitative estimate of drug-likeness (QED) is 0.355. The second kappa shape index (κ2) is 9.12. The Bertz CT molecular complexity index is 1060. The third-order valence-corrected chi connectivity index (χ3v) is 5.34. The first-order valence-electron chi connectivity index (χ1n) is 8.07. The molecule has 1 N–H and O–H groups in total. The van der Waals surface area contributed by atoms with Gasteiger partial charge in [0.2, 0.25) is 5.91 Å². The summed E-state index contributed by atoms with van der Waals surface area (Å²) in [5.74, 6) is -0.500. The van der Waals surface area contributed by atoms with Crippen molar-refractivity contribution in [2.45, 2.75) is 19.5 Å². The normalized spacial score (nSPS) is 10.9. The molecule has 0 radical (unpaired) electrons. The molecule has 0 aliphatic rings. The number of carbonyl (C=O) groups is 1. The Morgan fingerprint density at radius 2 is 1.83 bits per heavy atom. The number of anilines is 1. The lowest BCUT2D eigenvalue weighted by Gasteiger charge is -2.06. The SMILES string of the molecule is O=C(CCn1cc(Br)c([N+](=O)[O-])n1)Nc1nn(Cc2c(Cl)cccc2Cl)cc1Cl. The minimum absolute atomic E-state index is 0.0187. The van der Waals surface area contributed by atoms with Crippen LogP contribution < -0.4 is 5.32 Å². The van der Waals surface area contributed by atoms with E-state index in [-0.39, 0.29) is 46.5 Å². The molecule has 0 saturated heterocycles. The predicted molar refractivity (Wildman–Crippen MR) is 113 cm³/mol. The minimum atomic E-state index is -0.613. The highest BCUT2D eigenvalue weighted by Crippen LogP contribution is 2.27. The highest BCUT2D eigenvalue weighted by atomic mass is 79.9. The molecule has 1 aromatic carbocycles. The van der Waals surface area contributed by atoms with Crippen LogP contribution >= 0.6 is 50.7 Å². The highest BCUT2D eigenvalue weighted by molar-refractivity contribution is 9.10. The second-order valence-corrected chi connectivity index (χ2v) is 7.92. The number of amides is 1. The molecule has 3 aromatic rings. The molecule has 0 saturated carbocycles. The van der Waals surface area contributed by atoms with Crippen LogP contribution in [0.25, 0.3) is 0 Å². The van der Waals surface area contributed by atoms with Gasteiger partial charge in [0.05, 0.1) is 24.4 Å². The first-order valence-corrected chi connectivity index (χ1v) is 10.0. The van der Waals surface area contributed by atoms with Crippen molar-refractivity contribution in [2.24, 2.45) is 0 Å². The van der Waals surface area contributed by atoms with Gasteiger partial charge in [-0.2, -0.15) is 9.78 Å². The fourth-order valence-corrected chi connectivity index (χ4v) is 3.62. The number of carbonyl (C=O) groups excluding carboxylic acids is 1. The maximum atomic E-state index is 12.2. The van der Waals surface area contributed by atoms with Crippen LogP contribution in [0, 0.1) is 10.1 Å². The first kappa shape index (κ1) is 21.6. The van der Waals surface area contributed by atoms with Crippen LogP contribution in [0.5, 0.6) is 0 Å². The Balaban J connectivity index is 1.62. The van der Waals surface area contributed by atoms with Gasteiger partial charge in [-0.1, -0.05) is 40.9 Å². The molecule has 1 amide bonds. The number of aromatic nitrogens is 4. The van der Waals surface area contributed by atoms with E-state index in [4.69, 9.17) is 34.8 Å². The van der Waals surface area contributed by atoms with Gasteiger partial charge in [0.15, 0.2) is 5.82 Å². The maximum Gasteiger partial charge on any atom is 0.404 e. The number of aryl methyl sites for hydroxylation is 1. The van der Waals surface area contributed by atoms with Gasteiger partial charge < -0.3 is 15.4 Å². The van der Waals surface area contributed by atoms with E-state index in [2.05, 4.69) is 31.4 Å². The fourth-order valence-electron chi connectivity index (χ4n) is 2.44. The van der Waals surface area contributed by atoms with Gasteiger partial charge >= 0.3 is 5.82 Å². The largest absolute Gasteiger partial charge is 0.404 e. The van der Waals surface area contributed by atoms with Gasteiger partial charge in [-0.05, 0) is 33.0 Å². The van der Waals surface area contributed by atoms with Crippen molar-refractivity contribution < 1.29 is 9.72 Å². The van der Waals surface area contributed by atoms with E-state index >= 15 is 0 Å². The van der Waals surface area contributed by atoms with Gasteiger partial charge in [-0.15, -0.1) is 0 Å². The number of halogens is 4. The summed E-state index contributed by atoms with van der Waals surface area (Å²) in [6.07, 6.45) is 3.00. The number of nitrogens with one attached hydrogen (secondary N) is 1. The third-order valence-electron chi connectivity index (χ3n) is 3.80. The molecule has 9 nitrogen and oxygen atoms in total. The van der Waals surface area contributed by atoms with E-state index in [9.17, 15) is 14.9 Å². The number of nitro groups is 1. The first-order chi connectivity index (χ1) is 13.7. The van der Waals surface area contributed by atoms with Crippen LogP contribution in [-0.4, -0.2) is 30.4 Å². The summed E-state index contributed by atoms with van der Waals surface area (Å²) < 4.78 is 3.06. The summed E-state index contributed by atoms with van der Waals surface area (Å²) in [5.41, 5.74) is 0.679. The lowest BCUT2D eigenvalue weighted by atomic mass is 10.2. The molecule has 3 rings (SSSR count). The molecule has 152 valence electrons. The standard InChI is InChI=1S/C16H12BrCl3N6O3/c17-10-7-24(23-16(10)26(28)29)5-4-14(27)21-15-13(20)8-25(22-15)6-9-11(18)2-1-3-12(9)19/h1-3,7-8H,4-6H2,(H,21,22,27). The highest BCUT2D eigenvalue weighted by Gasteiger charge is 2.19. The van der Waals surface area contributed by atoms with E-state index < -0.39 is 4.92 Å². The number of hydrogen-bond acceptors (Lipinski definition) is 5. The fraction of sp³-hybridized carbons (Fsp3) is 0.188. The second-order valence-electron chi connectivity index (χ2n) is 5.84. The van der Waals surface area contributed by atoms with Crippen molar-refractivity contribution >= 4 is 68.3 Å². The molecule has 0 aliphatic heterocycles. The summed E-state index contributed by atoms with van der Waals surface area (Å²) in [5, 5.41) is 22.7. The Labute approximate surface area is 187 Å². The van der Waals surface area contributed by atoms with Gasteiger partial charge in [0.25, 0.3) is 0 Å². The van der Waals surface area contributed by atoms with Gasteiger partial charge in [0.1, 0.15) is 9.50 Å². The monoisotopic (exact) mass is 520 g/mol. The summed E-state index contributed by atoms with van der Waals surface area (Å²) in [4.78, 5) is 22.4. The van der Waals surface area contributed by atoms with Crippen molar-refractivity contribution in [1.82, 2.24) is 19.6 Å². The topological polar surface area (TPSA) is 108 Å².